The highest BCUT2D eigenvalue weighted by atomic mass is 32.1. The van der Waals surface area contributed by atoms with Gasteiger partial charge in [-0.05, 0) is 23.6 Å². The molecule has 1 nitrogen and oxygen atoms in total. The second-order valence-electron chi connectivity index (χ2n) is 2.86. The summed E-state index contributed by atoms with van der Waals surface area (Å²) in [6.07, 6.45) is -1.73. The molecule has 0 spiro atoms. The minimum atomic E-state index is -2.44. The zero-order valence-corrected chi connectivity index (χ0v) is 7.85. The number of carbonyl (C=O) groups excluding carboxylic acids is 1. The van der Waals surface area contributed by atoms with Crippen molar-refractivity contribution in [1.29, 1.82) is 0 Å². The molecule has 14 heavy (non-hydrogen) atoms. The van der Waals surface area contributed by atoms with Crippen molar-refractivity contribution in [2.24, 2.45) is 0 Å². The van der Waals surface area contributed by atoms with Gasteiger partial charge < -0.3 is 0 Å². The quantitative estimate of drug-likeness (QED) is 0.694. The van der Waals surface area contributed by atoms with E-state index in [9.17, 15) is 13.6 Å². The minimum absolute atomic E-state index is 0.0445. The third-order valence-electron chi connectivity index (χ3n) is 1.91. The first kappa shape index (κ1) is 9.27. The van der Waals surface area contributed by atoms with Gasteiger partial charge in [0.05, 0.1) is 4.88 Å². The van der Waals surface area contributed by atoms with Crippen LogP contribution in [-0.4, -0.2) is 6.29 Å². The Hall–Kier alpha value is -1.29. The number of rotatable bonds is 2. The van der Waals surface area contributed by atoms with Gasteiger partial charge in [0.1, 0.15) is 6.29 Å². The number of fused-ring (bicyclic) bond motifs is 1. The van der Waals surface area contributed by atoms with Crippen LogP contribution in [0.2, 0.25) is 0 Å². The van der Waals surface area contributed by atoms with Crippen LogP contribution in [0.15, 0.2) is 24.3 Å². The fourth-order valence-corrected chi connectivity index (χ4v) is 2.16. The molecule has 0 aliphatic rings. The molecule has 1 heterocycles. The lowest BCUT2D eigenvalue weighted by molar-refractivity contribution is 0.112. The van der Waals surface area contributed by atoms with Gasteiger partial charge in [0.25, 0.3) is 6.43 Å². The van der Waals surface area contributed by atoms with Crippen molar-refractivity contribution in [2.45, 2.75) is 6.43 Å². The molecule has 2 aromatic rings. The molecule has 72 valence electrons. The summed E-state index contributed by atoms with van der Waals surface area (Å²) in [6, 6.07) is 6.36. The molecule has 0 N–H and O–H groups in total. The molecule has 0 fully saturated rings. The highest BCUT2D eigenvalue weighted by Crippen LogP contribution is 2.32. The van der Waals surface area contributed by atoms with Gasteiger partial charge in [-0.25, -0.2) is 8.78 Å². The SMILES string of the molecule is O=Cc1ccc2sc(C(F)F)cc2c1. The zero-order valence-electron chi connectivity index (χ0n) is 7.04. The van der Waals surface area contributed by atoms with E-state index in [1.165, 1.54) is 6.07 Å². The van der Waals surface area contributed by atoms with Crippen LogP contribution in [0, 0.1) is 0 Å². The van der Waals surface area contributed by atoms with Crippen molar-refractivity contribution in [3.63, 3.8) is 0 Å². The van der Waals surface area contributed by atoms with Gasteiger partial charge >= 0.3 is 0 Å². The van der Waals surface area contributed by atoms with E-state index in [0.29, 0.717) is 17.2 Å². The van der Waals surface area contributed by atoms with Crippen molar-refractivity contribution in [1.82, 2.24) is 0 Å². The van der Waals surface area contributed by atoms with Gasteiger partial charge in [-0.3, -0.25) is 4.79 Å². The molecular weight excluding hydrogens is 206 g/mol. The van der Waals surface area contributed by atoms with E-state index in [0.717, 1.165) is 16.0 Å². The lowest BCUT2D eigenvalue weighted by Gasteiger charge is -1.89. The van der Waals surface area contributed by atoms with E-state index >= 15 is 0 Å². The Morgan fingerprint density at radius 3 is 2.71 bits per heavy atom. The maximum absolute atomic E-state index is 12.3. The molecule has 0 unspecified atom stereocenters. The Labute approximate surface area is 83.0 Å². The first-order valence-electron chi connectivity index (χ1n) is 3.97. The van der Waals surface area contributed by atoms with Gasteiger partial charge in [-0.2, -0.15) is 0 Å². The van der Waals surface area contributed by atoms with Crippen molar-refractivity contribution >= 4 is 27.7 Å². The molecular formula is C10H6F2OS. The van der Waals surface area contributed by atoms with E-state index in [-0.39, 0.29) is 4.88 Å². The summed E-state index contributed by atoms with van der Waals surface area (Å²) < 4.78 is 25.4. The summed E-state index contributed by atoms with van der Waals surface area (Å²) in [6.45, 7) is 0. The standard InChI is InChI=1S/C10H6F2OS/c11-10(12)9-4-7-3-6(5-13)1-2-8(7)14-9/h1-5,10H. The predicted molar refractivity (Wildman–Crippen MR) is 52.2 cm³/mol. The lowest BCUT2D eigenvalue weighted by atomic mass is 10.2. The number of carbonyl (C=O) groups is 1. The topological polar surface area (TPSA) is 17.1 Å². The zero-order chi connectivity index (χ0) is 10.1. The number of halogens is 2. The fourth-order valence-electron chi connectivity index (χ4n) is 1.26. The number of thiophene rings is 1. The first-order valence-corrected chi connectivity index (χ1v) is 4.79. The van der Waals surface area contributed by atoms with Crippen molar-refractivity contribution in [2.75, 3.05) is 0 Å². The maximum Gasteiger partial charge on any atom is 0.272 e. The summed E-state index contributed by atoms with van der Waals surface area (Å²) >= 11 is 1.06. The largest absolute Gasteiger partial charge is 0.298 e. The normalized spacial score (nSPS) is 11.1. The van der Waals surface area contributed by atoms with Crippen LogP contribution in [0.25, 0.3) is 10.1 Å². The Morgan fingerprint density at radius 2 is 2.07 bits per heavy atom. The highest BCUT2D eigenvalue weighted by molar-refractivity contribution is 7.19. The first-order chi connectivity index (χ1) is 6.70. The summed E-state index contributed by atoms with van der Waals surface area (Å²) in [7, 11) is 0. The Kier molecular flexibility index (Phi) is 2.29. The molecule has 1 aromatic heterocycles. The number of hydrogen-bond donors (Lipinski definition) is 0. The van der Waals surface area contributed by atoms with E-state index < -0.39 is 6.43 Å². The molecule has 0 aliphatic carbocycles. The Morgan fingerprint density at radius 1 is 1.29 bits per heavy atom. The van der Waals surface area contributed by atoms with E-state index in [1.807, 2.05) is 0 Å². The van der Waals surface area contributed by atoms with E-state index in [1.54, 1.807) is 18.2 Å². The minimum Gasteiger partial charge on any atom is -0.298 e. The Balaban J connectivity index is 2.59. The number of hydrogen-bond acceptors (Lipinski definition) is 2. The average Bonchev–Trinajstić information content (AvgIpc) is 2.59. The van der Waals surface area contributed by atoms with Gasteiger partial charge in [0, 0.05) is 10.3 Å². The van der Waals surface area contributed by atoms with E-state index in [4.69, 9.17) is 0 Å². The van der Waals surface area contributed by atoms with Crippen molar-refractivity contribution in [3.8, 4) is 0 Å². The van der Waals surface area contributed by atoms with Crippen LogP contribution in [0.4, 0.5) is 8.78 Å². The average molecular weight is 212 g/mol. The predicted octanol–water partition coefficient (Wildman–Crippen LogP) is 3.65. The molecule has 0 bridgehead atoms. The molecule has 0 saturated carbocycles. The second kappa shape index (κ2) is 3.46. The smallest absolute Gasteiger partial charge is 0.272 e. The summed E-state index contributed by atoms with van der Waals surface area (Å²) in [4.78, 5) is 10.5. The van der Waals surface area contributed by atoms with Gasteiger partial charge in [0.2, 0.25) is 0 Å². The monoisotopic (exact) mass is 212 g/mol. The van der Waals surface area contributed by atoms with Crippen LogP contribution in [-0.2, 0) is 0 Å². The van der Waals surface area contributed by atoms with Gasteiger partial charge in [-0.1, -0.05) is 6.07 Å². The number of alkyl halides is 2. The summed E-state index contributed by atoms with van der Waals surface area (Å²) in [5, 5.41) is 0.704. The fraction of sp³-hybridized carbons (Fsp3) is 0.100. The highest BCUT2D eigenvalue weighted by Gasteiger charge is 2.11. The molecule has 0 radical (unpaired) electrons. The summed E-state index contributed by atoms with van der Waals surface area (Å²) in [5.41, 5.74) is 0.510. The molecule has 0 saturated heterocycles. The third kappa shape index (κ3) is 1.53. The maximum atomic E-state index is 12.3. The molecule has 0 aliphatic heterocycles. The van der Waals surface area contributed by atoms with Gasteiger partial charge in [-0.15, -0.1) is 11.3 Å². The number of benzene rings is 1. The molecule has 4 heteroatoms. The van der Waals surface area contributed by atoms with Gasteiger partial charge in [0.15, 0.2) is 0 Å². The van der Waals surface area contributed by atoms with Crippen molar-refractivity contribution in [3.05, 3.63) is 34.7 Å². The van der Waals surface area contributed by atoms with E-state index in [2.05, 4.69) is 0 Å². The van der Waals surface area contributed by atoms with Crippen molar-refractivity contribution < 1.29 is 13.6 Å². The van der Waals surface area contributed by atoms with Crippen LogP contribution < -0.4 is 0 Å². The van der Waals surface area contributed by atoms with Crippen LogP contribution >= 0.6 is 11.3 Å². The Bertz CT molecular complexity index is 476. The molecule has 0 atom stereocenters. The van der Waals surface area contributed by atoms with Crippen LogP contribution in [0.5, 0.6) is 0 Å². The number of aldehydes is 1. The molecule has 2 rings (SSSR count). The van der Waals surface area contributed by atoms with Crippen LogP contribution in [0.3, 0.4) is 0 Å². The lowest BCUT2D eigenvalue weighted by Crippen LogP contribution is -1.76. The molecule has 0 amide bonds. The summed E-state index contributed by atoms with van der Waals surface area (Å²) in [5.74, 6) is 0. The third-order valence-corrected chi connectivity index (χ3v) is 3.03. The van der Waals surface area contributed by atoms with Crippen LogP contribution in [0.1, 0.15) is 21.7 Å². The molecule has 1 aromatic carbocycles. The second-order valence-corrected chi connectivity index (χ2v) is 3.98.